The quantitative estimate of drug-likeness (QED) is 0.745. The number of hydrogen-bond acceptors (Lipinski definition) is 5. The summed E-state index contributed by atoms with van der Waals surface area (Å²) in [6.07, 6.45) is 0. The molecule has 0 fully saturated rings. The van der Waals surface area contributed by atoms with Crippen molar-refractivity contribution >= 4 is 11.9 Å². The van der Waals surface area contributed by atoms with Crippen molar-refractivity contribution in [1.29, 1.82) is 0 Å². The fourth-order valence-corrected chi connectivity index (χ4v) is 2.66. The van der Waals surface area contributed by atoms with E-state index in [1.807, 2.05) is 44.2 Å². The van der Waals surface area contributed by atoms with Gasteiger partial charge in [-0.2, -0.15) is 0 Å². The van der Waals surface area contributed by atoms with Crippen molar-refractivity contribution in [2.75, 3.05) is 13.4 Å². The summed E-state index contributed by atoms with van der Waals surface area (Å²) in [5.74, 6) is 0.281. The normalized spacial score (nSPS) is 12.1. The highest BCUT2D eigenvalue weighted by Crippen LogP contribution is 2.32. The molecule has 0 atom stereocenters. The summed E-state index contributed by atoms with van der Waals surface area (Å²) in [5, 5.41) is 0. The van der Waals surface area contributed by atoms with Gasteiger partial charge in [0.15, 0.2) is 18.1 Å². The number of carbonyl (C=O) groups is 2. The van der Waals surface area contributed by atoms with Crippen LogP contribution in [0.15, 0.2) is 48.5 Å². The fourth-order valence-electron chi connectivity index (χ4n) is 2.66. The Labute approximate surface area is 152 Å². The number of esters is 1. The Balaban J connectivity index is 1.60. The molecule has 0 aliphatic carbocycles. The predicted molar refractivity (Wildman–Crippen MR) is 95.0 cm³/mol. The van der Waals surface area contributed by atoms with Crippen molar-refractivity contribution in [3.63, 3.8) is 0 Å². The highest BCUT2D eigenvalue weighted by Gasteiger charge is 2.21. The van der Waals surface area contributed by atoms with Gasteiger partial charge in [0.25, 0.3) is 5.91 Å². The SMILES string of the molecule is CC(C)N(Cc1ccccc1)C(=O)COC(=O)c1ccc2c(c1)OCO2. The summed E-state index contributed by atoms with van der Waals surface area (Å²) in [6, 6.07) is 14.5. The minimum atomic E-state index is -0.569. The first kappa shape index (κ1) is 17.8. The molecular formula is C20H21NO5. The number of carbonyl (C=O) groups excluding carboxylic acids is 2. The topological polar surface area (TPSA) is 65.1 Å². The zero-order valence-electron chi connectivity index (χ0n) is 14.8. The van der Waals surface area contributed by atoms with Crippen LogP contribution in [0.5, 0.6) is 11.5 Å². The third-order valence-electron chi connectivity index (χ3n) is 4.07. The average molecular weight is 355 g/mol. The molecule has 2 aromatic carbocycles. The molecule has 0 saturated carbocycles. The summed E-state index contributed by atoms with van der Waals surface area (Å²) >= 11 is 0. The first-order chi connectivity index (χ1) is 12.5. The number of amides is 1. The monoisotopic (exact) mass is 355 g/mol. The van der Waals surface area contributed by atoms with Crippen molar-refractivity contribution < 1.29 is 23.8 Å². The van der Waals surface area contributed by atoms with Crippen molar-refractivity contribution in [3.05, 3.63) is 59.7 Å². The largest absolute Gasteiger partial charge is 0.454 e. The molecule has 3 rings (SSSR count). The fraction of sp³-hybridized carbons (Fsp3) is 0.300. The van der Waals surface area contributed by atoms with E-state index in [2.05, 4.69) is 0 Å². The highest BCUT2D eigenvalue weighted by atomic mass is 16.7. The standard InChI is InChI=1S/C20H21NO5/c1-14(2)21(11-15-6-4-3-5-7-15)19(22)12-24-20(23)16-8-9-17-18(10-16)26-13-25-17/h3-10,14H,11-13H2,1-2H3. The number of benzene rings is 2. The van der Waals surface area contributed by atoms with E-state index in [4.69, 9.17) is 14.2 Å². The van der Waals surface area contributed by atoms with Crippen LogP contribution < -0.4 is 9.47 Å². The van der Waals surface area contributed by atoms with Crippen LogP contribution in [0.3, 0.4) is 0 Å². The van der Waals surface area contributed by atoms with Crippen LogP contribution in [0.4, 0.5) is 0 Å². The van der Waals surface area contributed by atoms with Gasteiger partial charge in [0.05, 0.1) is 5.56 Å². The Hall–Kier alpha value is -3.02. The van der Waals surface area contributed by atoms with Gasteiger partial charge in [0.1, 0.15) is 0 Å². The van der Waals surface area contributed by atoms with Gasteiger partial charge in [-0.3, -0.25) is 4.79 Å². The molecule has 0 saturated heterocycles. The molecule has 0 aromatic heterocycles. The summed E-state index contributed by atoms with van der Waals surface area (Å²) in [6.45, 7) is 4.16. The minimum absolute atomic E-state index is 0.00745. The van der Waals surface area contributed by atoms with Crippen LogP contribution in [0.25, 0.3) is 0 Å². The first-order valence-corrected chi connectivity index (χ1v) is 8.45. The smallest absolute Gasteiger partial charge is 0.338 e. The molecule has 26 heavy (non-hydrogen) atoms. The van der Waals surface area contributed by atoms with Crippen LogP contribution in [0, 0.1) is 0 Å². The summed E-state index contributed by atoms with van der Waals surface area (Å²) in [4.78, 5) is 26.4. The maximum Gasteiger partial charge on any atom is 0.338 e. The number of fused-ring (bicyclic) bond motifs is 1. The molecule has 0 unspecified atom stereocenters. The van der Waals surface area contributed by atoms with Crippen LogP contribution in [0.1, 0.15) is 29.8 Å². The predicted octanol–water partition coefficient (Wildman–Crippen LogP) is 3.01. The molecule has 6 heteroatoms. The second kappa shape index (κ2) is 7.91. The van der Waals surface area contributed by atoms with E-state index < -0.39 is 5.97 Å². The molecule has 0 N–H and O–H groups in total. The molecule has 1 aliphatic heterocycles. The van der Waals surface area contributed by atoms with E-state index in [9.17, 15) is 9.59 Å². The number of ether oxygens (including phenoxy) is 3. The third-order valence-corrected chi connectivity index (χ3v) is 4.07. The third kappa shape index (κ3) is 4.14. The van der Waals surface area contributed by atoms with E-state index in [0.717, 1.165) is 5.56 Å². The lowest BCUT2D eigenvalue weighted by Gasteiger charge is -2.26. The molecule has 0 bridgehead atoms. The van der Waals surface area contributed by atoms with Crippen LogP contribution >= 0.6 is 0 Å². The number of rotatable bonds is 6. The average Bonchev–Trinajstić information content (AvgIpc) is 3.12. The number of nitrogens with zero attached hydrogens (tertiary/aromatic N) is 1. The van der Waals surface area contributed by atoms with Crippen molar-refractivity contribution in [2.45, 2.75) is 26.4 Å². The summed E-state index contributed by atoms with van der Waals surface area (Å²) in [7, 11) is 0. The minimum Gasteiger partial charge on any atom is -0.454 e. The Kier molecular flexibility index (Phi) is 5.41. The van der Waals surface area contributed by atoms with Gasteiger partial charge in [-0.25, -0.2) is 4.79 Å². The van der Waals surface area contributed by atoms with E-state index in [1.165, 1.54) is 0 Å². The maximum atomic E-state index is 12.5. The zero-order chi connectivity index (χ0) is 18.5. The van der Waals surface area contributed by atoms with E-state index in [-0.39, 0.29) is 25.3 Å². The summed E-state index contributed by atoms with van der Waals surface area (Å²) in [5.41, 5.74) is 1.35. The van der Waals surface area contributed by atoms with Gasteiger partial charge in [0, 0.05) is 12.6 Å². The Morgan fingerprint density at radius 2 is 1.81 bits per heavy atom. The lowest BCUT2D eigenvalue weighted by Crippen LogP contribution is -2.39. The molecule has 1 aliphatic rings. The Bertz CT molecular complexity index is 788. The second-order valence-corrected chi connectivity index (χ2v) is 6.25. The van der Waals surface area contributed by atoms with Gasteiger partial charge in [-0.05, 0) is 37.6 Å². The van der Waals surface area contributed by atoms with Crippen molar-refractivity contribution in [3.8, 4) is 11.5 Å². The molecule has 136 valence electrons. The van der Waals surface area contributed by atoms with E-state index in [0.29, 0.717) is 23.6 Å². The lowest BCUT2D eigenvalue weighted by molar-refractivity contribution is -0.136. The van der Waals surface area contributed by atoms with Gasteiger partial charge in [0.2, 0.25) is 6.79 Å². The lowest BCUT2D eigenvalue weighted by atomic mass is 10.2. The van der Waals surface area contributed by atoms with Crippen LogP contribution in [-0.2, 0) is 16.1 Å². The van der Waals surface area contributed by atoms with Crippen molar-refractivity contribution in [2.24, 2.45) is 0 Å². The van der Waals surface area contributed by atoms with Gasteiger partial charge in [-0.1, -0.05) is 30.3 Å². The molecule has 1 amide bonds. The maximum absolute atomic E-state index is 12.5. The molecule has 2 aromatic rings. The van der Waals surface area contributed by atoms with E-state index >= 15 is 0 Å². The molecule has 1 heterocycles. The van der Waals surface area contributed by atoms with E-state index in [1.54, 1.807) is 23.1 Å². The van der Waals surface area contributed by atoms with Crippen LogP contribution in [-0.4, -0.2) is 36.2 Å². The summed E-state index contributed by atoms with van der Waals surface area (Å²) < 4.78 is 15.6. The van der Waals surface area contributed by atoms with Gasteiger partial charge in [-0.15, -0.1) is 0 Å². The molecule has 0 spiro atoms. The first-order valence-electron chi connectivity index (χ1n) is 8.45. The van der Waals surface area contributed by atoms with Gasteiger partial charge >= 0.3 is 5.97 Å². The number of hydrogen-bond donors (Lipinski definition) is 0. The zero-order valence-corrected chi connectivity index (χ0v) is 14.8. The molecule has 0 radical (unpaired) electrons. The Morgan fingerprint density at radius 1 is 1.08 bits per heavy atom. The molecule has 6 nitrogen and oxygen atoms in total. The van der Waals surface area contributed by atoms with Crippen LogP contribution in [0.2, 0.25) is 0 Å². The van der Waals surface area contributed by atoms with Crippen molar-refractivity contribution in [1.82, 2.24) is 4.90 Å². The molecular weight excluding hydrogens is 334 g/mol. The highest BCUT2D eigenvalue weighted by molar-refractivity contribution is 5.92. The Morgan fingerprint density at radius 3 is 2.54 bits per heavy atom. The second-order valence-electron chi connectivity index (χ2n) is 6.25. The van der Waals surface area contributed by atoms with Gasteiger partial charge < -0.3 is 19.1 Å².